The highest BCUT2D eigenvalue weighted by Crippen LogP contribution is 2.32. The lowest BCUT2D eigenvalue weighted by atomic mass is 10.0. The standard InChI is InChI=1S/C18H16F3N3O2/c1-10(2)15(25)9-24-14-7-12(8-22-16(14)23-17(24)26)11-4-3-5-13(6-11)18(19,20)21/h3-8,10H,9H2,1-2H3,(H,22,23,26). The number of H-pyrrole nitrogens is 1. The molecule has 0 amide bonds. The third kappa shape index (κ3) is 3.40. The van der Waals surface area contributed by atoms with E-state index >= 15 is 0 Å². The fraction of sp³-hybridized carbons (Fsp3) is 0.278. The van der Waals surface area contributed by atoms with Gasteiger partial charge in [-0.25, -0.2) is 9.78 Å². The van der Waals surface area contributed by atoms with Crippen molar-refractivity contribution in [3.8, 4) is 11.1 Å². The molecule has 136 valence electrons. The smallest absolute Gasteiger partial charge is 0.297 e. The van der Waals surface area contributed by atoms with Crippen LogP contribution in [0.4, 0.5) is 13.2 Å². The molecule has 0 bridgehead atoms. The monoisotopic (exact) mass is 363 g/mol. The summed E-state index contributed by atoms with van der Waals surface area (Å²) in [4.78, 5) is 30.8. The van der Waals surface area contributed by atoms with Gasteiger partial charge in [-0.2, -0.15) is 13.2 Å². The molecule has 0 atom stereocenters. The zero-order valence-electron chi connectivity index (χ0n) is 14.1. The van der Waals surface area contributed by atoms with E-state index < -0.39 is 17.4 Å². The van der Waals surface area contributed by atoms with Crippen molar-refractivity contribution in [2.24, 2.45) is 5.92 Å². The molecular weight excluding hydrogens is 347 g/mol. The number of hydrogen-bond acceptors (Lipinski definition) is 3. The molecule has 0 radical (unpaired) electrons. The van der Waals surface area contributed by atoms with Gasteiger partial charge in [-0.15, -0.1) is 0 Å². The second-order valence-corrected chi connectivity index (χ2v) is 6.31. The number of aromatic nitrogens is 3. The van der Waals surface area contributed by atoms with Gasteiger partial charge in [0.05, 0.1) is 17.6 Å². The molecule has 26 heavy (non-hydrogen) atoms. The summed E-state index contributed by atoms with van der Waals surface area (Å²) < 4.78 is 40.0. The molecule has 3 aromatic rings. The minimum absolute atomic E-state index is 0.121. The lowest BCUT2D eigenvalue weighted by Gasteiger charge is -2.09. The third-order valence-corrected chi connectivity index (χ3v) is 4.11. The fourth-order valence-corrected chi connectivity index (χ4v) is 2.56. The maximum absolute atomic E-state index is 12.9. The first-order chi connectivity index (χ1) is 12.2. The molecule has 1 aromatic carbocycles. The van der Waals surface area contributed by atoms with E-state index in [1.807, 2.05) is 0 Å². The normalized spacial score (nSPS) is 12.1. The van der Waals surface area contributed by atoms with Gasteiger partial charge < -0.3 is 0 Å². The number of nitrogens with zero attached hydrogens (tertiary/aromatic N) is 2. The van der Waals surface area contributed by atoms with Crippen LogP contribution in [0.25, 0.3) is 22.3 Å². The van der Waals surface area contributed by atoms with Crippen LogP contribution < -0.4 is 5.69 Å². The first-order valence-electron chi connectivity index (χ1n) is 7.95. The lowest BCUT2D eigenvalue weighted by Crippen LogP contribution is -2.24. The fourth-order valence-electron chi connectivity index (χ4n) is 2.56. The largest absolute Gasteiger partial charge is 0.416 e. The molecule has 0 aliphatic rings. The first kappa shape index (κ1) is 17.9. The third-order valence-electron chi connectivity index (χ3n) is 4.11. The Labute approximate surface area is 146 Å². The molecule has 0 spiro atoms. The Bertz CT molecular complexity index is 1030. The van der Waals surface area contributed by atoms with Gasteiger partial charge >= 0.3 is 11.9 Å². The Kier molecular flexibility index (Phi) is 4.43. The predicted octanol–water partition coefficient (Wildman–Crippen LogP) is 3.64. The minimum atomic E-state index is -4.45. The van der Waals surface area contributed by atoms with E-state index in [-0.39, 0.29) is 23.9 Å². The Hall–Kier alpha value is -2.90. The van der Waals surface area contributed by atoms with Gasteiger partial charge in [0.15, 0.2) is 11.4 Å². The highest BCUT2D eigenvalue weighted by Gasteiger charge is 2.30. The maximum atomic E-state index is 12.9. The number of carbonyl (C=O) groups excluding carboxylic acids is 1. The van der Waals surface area contributed by atoms with Gasteiger partial charge in [-0.3, -0.25) is 14.3 Å². The first-order valence-corrected chi connectivity index (χ1v) is 7.95. The number of aromatic amines is 1. The zero-order chi connectivity index (χ0) is 19.1. The number of Topliss-reactive ketones (excluding diaryl/α,β-unsaturated/α-hetero) is 1. The summed E-state index contributed by atoms with van der Waals surface area (Å²) in [5, 5.41) is 0. The van der Waals surface area contributed by atoms with Crippen molar-refractivity contribution in [2.75, 3.05) is 0 Å². The van der Waals surface area contributed by atoms with Crippen LogP contribution in [0.1, 0.15) is 19.4 Å². The quantitative estimate of drug-likeness (QED) is 0.770. The molecule has 0 fully saturated rings. The van der Waals surface area contributed by atoms with Crippen LogP contribution in [0, 0.1) is 5.92 Å². The van der Waals surface area contributed by atoms with Crippen molar-refractivity contribution in [1.82, 2.24) is 14.5 Å². The van der Waals surface area contributed by atoms with Crippen LogP contribution in [0.2, 0.25) is 0 Å². The molecule has 0 aliphatic carbocycles. The molecule has 0 unspecified atom stereocenters. The highest BCUT2D eigenvalue weighted by molar-refractivity contribution is 5.83. The number of fused-ring (bicyclic) bond motifs is 1. The number of nitrogens with one attached hydrogen (secondary N) is 1. The van der Waals surface area contributed by atoms with Crippen LogP contribution in [0.3, 0.4) is 0 Å². The Morgan fingerprint density at radius 1 is 1.23 bits per heavy atom. The molecule has 3 rings (SSSR count). The van der Waals surface area contributed by atoms with Gasteiger partial charge in [-0.05, 0) is 23.8 Å². The molecule has 1 N–H and O–H groups in total. The molecule has 0 saturated heterocycles. The molecular formula is C18H16F3N3O2. The summed E-state index contributed by atoms with van der Waals surface area (Å²) in [5.41, 5.74) is 0.151. The van der Waals surface area contributed by atoms with E-state index in [9.17, 15) is 22.8 Å². The van der Waals surface area contributed by atoms with E-state index in [1.54, 1.807) is 19.9 Å². The van der Waals surface area contributed by atoms with Crippen LogP contribution in [0.5, 0.6) is 0 Å². The predicted molar refractivity (Wildman–Crippen MR) is 90.6 cm³/mol. The van der Waals surface area contributed by atoms with Gasteiger partial charge in [0.1, 0.15) is 0 Å². The average molecular weight is 363 g/mol. The summed E-state index contributed by atoms with van der Waals surface area (Å²) in [7, 11) is 0. The summed E-state index contributed by atoms with van der Waals surface area (Å²) >= 11 is 0. The molecule has 2 heterocycles. The molecule has 2 aromatic heterocycles. The molecule has 0 saturated carbocycles. The Balaban J connectivity index is 2.09. The number of hydrogen-bond donors (Lipinski definition) is 1. The van der Waals surface area contributed by atoms with Crippen molar-refractivity contribution >= 4 is 16.9 Å². The maximum Gasteiger partial charge on any atom is 0.416 e. The average Bonchev–Trinajstić information content (AvgIpc) is 2.89. The lowest BCUT2D eigenvalue weighted by molar-refractivity contribution is -0.137. The van der Waals surface area contributed by atoms with E-state index in [2.05, 4.69) is 9.97 Å². The van der Waals surface area contributed by atoms with Crippen molar-refractivity contribution in [2.45, 2.75) is 26.6 Å². The summed E-state index contributed by atoms with van der Waals surface area (Å²) in [5.74, 6) is -0.371. The van der Waals surface area contributed by atoms with E-state index in [4.69, 9.17) is 0 Å². The van der Waals surface area contributed by atoms with Crippen LogP contribution >= 0.6 is 0 Å². The van der Waals surface area contributed by atoms with Crippen LogP contribution in [-0.4, -0.2) is 20.3 Å². The minimum Gasteiger partial charge on any atom is -0.297 e. The number of halogens is 3. The second-order valence-electron chi connectivity index (χ2n) is 6.31. The number of ketones is 1. The number of alkyl halides is 3. The Morgan fingerprint density at radius 3 is 2.62 bits per heavy atom. The van der Waals surface area contributed by atoms with E-state index in [0.29, 0.717) is 16.6 Å². The summed E-state index contributed by atoms with van der Waals surface area (Å²) in [6.07, 6.45) is -3.06. The van der Waals surface area contributed by atoms with Gasteiger partial charge in [0.25, 0.3) is 0 Å². The molecule has 8 heteroatoms. The summed E-state index contributed by atoms with van der Waals surface area (Å²) in [6.45, 7) is 3.34. The highest BCUT2D eigenvalue weighted by atomic mass is 19.4. The number of pyridine rings is 1. The second kappa shape index (κ2) is 6.44. The van der Waals surface area contributed by atoms with Gasteiger partial charge in [-0.1, -0.05) is 26.0 Å². The van der Waals surface area contributed by atoms with Crippen LogP contribution in [-0.2, 0) is 17.5 Å². The van der Waals surface area contributed by atoms with Gasteiger partial charge in [0.2, 0.25) is 0 Å². The van der Waals surface area contributed by atoms with E-state index in [1.165, 1.54) is 22.9 Å². The zero-order valence-corrected chi connectivity index (χ0v) is 14.1. The SMILES string of the molecule is CC(C)C(=O)Cn1c(=O)[nH]c2ncc(-c3cccc(C(F)(F)F)c3)cc21. The van der Waals surface area contributed by atoms with E-state index in [0.717, 1.165) is 12.1 Å². The van der Waals surface area contributed by atoms with Crippen molar-refractivity contribution in [3.63, 3.8) is 0 Å². The number of carbonyl (C=O) groups is 1. The molecule has 5 nitrogen and oxygen atoms in total. The summed E-state index contributed by atoms with van der Waals surface area (Å²) in [6, 6.07) is 6.42. The van der Waals surface area contributed by atoms with Crippen LogP contribution in [0.15, 0.2) is 41.3 Å². The number of benzene rings is 1. The van der Waals surface area contributed by atoms with Crippen molar-refractivity contribution in [1.29, 1.82) is 0 Å². The molecule has 0 aliphatic heterocycles. The number of imidazole rings is 1. The Morgan fingerprint density at radius 2 is 1.96 bits per heavy atom. The van der Waals surface area contributed by atoms with Crippen molar-refractivity contribution < 1.29 is 18.0 Å². The van der Waals surface area contributed by atoms with Crippen molar-refractivity contribution in [3.05, 3.63) is 52.6 Å². The number of rotatable bonds is 4. The van der Waals surface area contributed by atoms with Gasteiger partial charge in [0, 0.05) is 17.7 Å². The topological polar surface area (TPSA) is 67.8 Å².